The van der Waals surface area contributed by atoms with Crippen LogP contribution in [0.1, 0.15) is 22.0 Å². The van der Waals surface area contributed by atoms with Gasteiger partial charge in [-0.3, -0.25) is 0 Å². The van der Waals surface area contributed by atoms with Gasteiger partial charge in [-0.2, -0.15) is 13.2 Å². The number of aliphatic hydroxyl groups excluding tert-OH is 1. The molecule has 100 valence electrons. The van der Waals surface area contributed by atoms with E-state index in [9.17, 15) is 18.0 Å². The topological polar surface area (TPSA) is 72.5 Å². The molecule has 0 unspecified atom stereocenters. The molecule has 0 aliphatic carbocycles. The second-order valence-electron chi connectivity index (χ2n) is 3.63. The zero-order valence-corrected chi connectivity index (χ0v) is 9.44. The Balaban J connectivity index is 2.89. The third-order valence-electron chi connectivity index (χ3n) is 2.39. The van der Waals surface area contributed by atoms with Gasteiger partial charge in [0, 0.05) is 0 Å². The van der Waals surface area contributed by atoms with E-state index in [1.807, 2.05) is 0 Å². The van der Waals surface area contributed by atoms with Crippen LogP contribution in [0.25, 0.3) is 0 Å². The average Bonchev–Trinajstić information content (AvgIpc) is 2.35. The molecule has 0 aromatic heterocycles. The van der Waals surface area contributed by atoms with Crippen LogP contribution < -0.4 is 5.73 Å². The maximum Gasteiger partial charge on any atom is 0.416 e. The van der Waals surface area contributed by atoms with Crippen LogP contribution in [0.3, 0.4) is 0 Å². The zero-order chi connectivity index (χ0) is 13.9. The van der Waals surface area contributed by atoms with Crippen molar-refractivity contribution in [3.63, 3.8) is 0 Å². The zero-order valence-electron chi connectivity index (χ0n) is 9.44. The van der Waals surface area contributed by atoms with E-state index in [2.05, 4.69) is 4.74 Å². The molecule has 2 atom stereocenters. The van der Waals surface area contributed by atoms with Crippen LogP contribution in [0.4, 0.5) is 13.2 Å². The predicted molar refractivity (Wildman–Crippen MR) is 56.8 cm³/mol. The summed E-state index contributed by atoms with van der Waals surface area (Å²) in [5, 5.41) is 8.99. The second kappa shape index (κ2) is 5.36. The Morgan fingerprint density at radius 1 is 1.33 bits per heavy atom. The molecule has 3 N–H and O–H groups in total. The second-order valence-corrected chi connectivity index (χ2v) is 3.63. The molecule has 0 radical (unpaired) electrons. The predicted octanol–water partition coefficient (Wildman–Crippen LogP) is 1.40. The lowest BCUT2D eigenvalue weighted by atomic mass is 10.0. The lowest BCUT2D eigenvalue weighted by Crippen LogP contribution is -2.38. The SMILES string of the molecule is COC(=O)c1ccc([C@H](N)[C@H](O)C(F)(F)F)cc1. The first-order valence-corrected chi connectivity index (χ1v) is 4.96. The quantitative estimate of drug-likeness (QED) is 0.808. The summed E-state index contributed by atoms with van der Waals surface area (Å²) in [6.45, 7) is 0. The number of rotatable bonds is 3. The molecule has 0 saturated heterocycles. The molecule has 4 nitrogen and oxygen atoms in total. The van der Waals surface area contributed by atoms with Gasteiger partial charge < -0.3 is 15.6 Å². The maximum atomic E-state index is 12.2. The van der Waals surface area contributed by atoms with Crippen molar-refractivity contribution in [3.8, 4) is 0 Å². The fourth-order valence-electron chi connectivity index (χ4n) is 1.35. The summed E-state index contributed by atoms with van der Waals surface area (Å²) < 4.78 is 41.2. The highest BCUT2D eigenvalue weighted by molar-refractivity contribution is 5.89. The lowest BCUT2D eigenvalue weighted by molar-refractivity contribution is -0.210. The number of carbonyl (C=O) groups is 1. The third kappa shape index (κ3) is 3.21. The first-order chi connectivity index (χ1) is 8.27. The number of methoxy groups -OCH3 is 1. The molecule has 1 aromatic carbocycles. The van der Waals surface area contributed by atoms with Gasteiger partial charge in [-0.05, 0) is 17.7 Å². The summed E-state index contributed by atoms with van der Waals surface area (Å²) in [7, 11) is 1.19. The summed E-state index contributed by atoms with van der Waals surface area (Å²) in [5.41, 5.74) is 5.56. The molecule has 1 aromatic rings. The molecule has 18 heavy (non-hydrogen) atoms. The number of carbonyl (C=O) groups excluding carboxylic acids is 1. The van der Waals surface area contributed by atoms with Crippen LogP contribution in [-0.4, -0.2) is 30.5 Å². The number of esters is 1. The van der Waals surface area contributed by atoms with Crippen LogP contribution in [0.5, 0.6) is 0 Å². The highest BCUT2D eigenvalue weighted by atomic mass is 19.4. The van der Waals surface area contributed by atoms with Gasteiger partial charge in [0.25, 0.3) is 0 Å². The van der Waals surface area contributed by atoms with Crippen molar-refractivity contribution >= 4 is 5.97 Å². The third-order valence-corrected chi connectivity index (χ3v) is 2.39. The molecule has 0 saturated carbocycles. The first-order valence-electron chi connectivity index (χ1n) is 4.96. The summed E-state index contributed by atoms with van der Waals surface area (Å²) in [6, 6.07) is 3.45. The molecule has 0 fully saturated rings. The van der Waals surface area contributed by atoms with Gasteiger partial charge in [-0.15, -0.1) is 0 Å². The van der Waals surface area contributed by atoms with Crippen LogP contribution in [0.2, 0.25) is 0 Å². The van der Waals surface area contributed by atoms with Crippen molar-refractivity contribution in [1.82, 2.24) is 0 Å². The van der Waals surface area contributed by atoms with Gasteiger partial charge in [0.15, 0.2) is 6.10 Å². The van der Waals surface area contributed by atoms with E-state index in [0.717, 1.165) is 0 Å². The van der Waals surface area contributed by atoms with Crippen LogP contribution in [0, 0.1) is 0 Å². The minimum atomic E-state index is -4.79. The number of ether oxygens (including phenoxy) is 1. The van der Waals surface area contributed by atoms with Crippen molar-refractivity contribution in [2.45, 2.75) is 18.3 Å². The first kappa shape index (κ1) is 14.5. The van der Waals surface area contributed by atoms with E-state index < -0.39 is 24.3 Å². The van der Waals surface area contributed by atoms with Crippen molar-refractivity contribution in [1.29, 1.82) is 0 Å². The maximum absolute atomic E-state index is 12.2. The monoisotopic (exact) mass is 263 g/mol. The summed E-state index contributed by atoms with van der Waals surface area (Å²) in [5.74, 6) is -0.605. The van der Waals surface area contributed by atoms with E-state index >= 15 is 0 Å². The van der Waals surface area contributed by atoms with Gasteiger partial charge in [0.1, 0.15) is 0 Å². The van der Waals surface area contributed by atoms with Crippen molar-refractivity contribution in [2.24, 2.45) is 5.73 Å². The Labute approximate surface area is 101 Å². The van der Waals surface area contributed by atoms with E-state index in [1.54, 1.807) is 0 Å². The Bertz CT molecular complexity index is 417. The van der Waals surface area contributed by atoms with Crippen LogP contribution in [0.15, 0.2) is 24.3 Å². The smallest absolute Gasteiger partial charge is 0.416 e. The Morgan fingerprint density at radius 2 is 1.83 bits per heavy atom. The van der Waals surface area contributed by atoms with Gasteiger partial charge in [0.05, 0.1) is 18.7 Å². The molecule has 7 heteroatoms. The van der Waals surface area contributed by atoms with E-state index in [4.69, 9.17) is 10.8 Å². The fourth-order valence-corrected chi connectivity index (χ4v) is 1.35. The largest absolute Gasteiger partial charge is 0.465 e. The van der Waals surface area contributed by atoms with Gasteiger partial charge >= 0.3 is 12.1 Å². The number of benzene rings is 1. The minimum absolute atomic E-state index is 0.0764. The van der Waals surface area contributed by atoms with E-state index in [0.29, 0.717) is 0 Å². The molecular weight excluding hydrogens is 251 g/mol. The lowest BCUT2D eigenvalue weighted by Gasteiger charge is -2.21. The summed E-state index contributed by atoms with van der Waals surface area (Å²) in [6.07, 6.45) is -7.44. The van der Waals surface area contributed by atoms with E-state index in [-0.39, 0.29) is 11.1 Å². The standard InChI is InChI=1S/C11H12F3NO3/c1-18-10(17)7-4-2-6(3-5-7)8(15)9(16)11(12,13)14/h2-5,8-9,16H,15H2,1H3/t8-,9-/m0/s1. The molecule has 0 aliphatic heterocycles. The number of nitrogens with two attached hydrogens (primary N) is 1. The number of alkyl halides is 3. The van der Waals surface area contributed by atoms with Gasteiger partial charge in [-0.1, -0.05) is 12.1 Å². The number of halogens is 3. The number of aliphatic hydroxyl groups is 1. The van der Waals surface area contributed by atoms with Crippen molar-refractivity contribution in [3.05, 3.63) is 35.4 Å². The molecule has 0 spiro atoms. The normalized spacial score (nSPS) is 15.0. The Hall–Kier alpha value is -1.60. The summed E-state index contributed by atoms with van der Waals surface area (Å²) >= 11 is 0. The van der Waals surface area contributed by atoms with E-state index in [1.165, 1.54) is 31.4 Å². The average molecular weight is 263 g/mol. The molecule has 0 bridgehead atoms. The molecule has 0 heterocycles. The Kier molecular flexibility index (Phi) is 4.31. The van der Waals surface area contributed by atoms with Crippen LogP contribution >= 0.6 is 0 Å². The Morgan fingerprint density at radius 3 is 2.22 bits per heavy atom. The van der Waals surface area contributed by atoms with Gasteiger partial charge in [-0.25, -0.2) is 4.79 Å². The molecule has 0 amide bonds. The summed E-state index contributed by atoms with van der Waals surface area (Å²) in [4.78, 5) is 11.1. The van der Waals surface area contributed by atoms with Crippen LogP contribution in [-0.2, 0) is 4.74 Å². The van der Waals surface area contributed by atoms with Crippen molar-refractivity contribution < 1.29 is 27.8 Å². The molecule has 1 rings (SSSR count). The minimum Gasteiger partial charge on any atom is -0.465 e. The molecule has 0 aliphatic rings. The fraction of sp³-hybridized carbons (Fsp3) is 0.364. The number of hydrogen-bond donors (Lipinski definition) is 2. The highest BCUT2D eigenvalue weighted by Crippen LogP contribution is 2.28. The van der Waals surface area contributed by atoms with Gasteiger partial charge in [0.2, 0.25) is 0 Å². The highest BCUT2D eigenvalue weighted by Gasteiger charge is 2.42. The molecular formula is C11H12F3NO3. The number of hydrogen-bond acceptors (Lipinski definition) is 4. The van der Waals surface area contributed by atoms with Crippen molar-refractivity contribution in [2.75, 3.05) is 7.11 Å².